The second-order valence-corrected chi connectivity index (χ2v) is 10.9. The van der Waals surface area contributed by atoms with Crippen molar-refractivity contribution < 1.29 is 8.42 Å². The molecular formula is C25H27N7O2S. The molecule has 0 spiro atoms. The molecule has 9 nitrogen and oxygen atoms in total. The van der Waals surface area contributed by atoms with Crippen LogP contribution in [0.2, 0.25) is 0 Å². The van der Waals surface area contributed by atoms with Crippen molar-refractivity contribution >= 4 is 37.9 Å². The third-order valence-corrected chi connectivity index (χ3v) is 8.41. The van der Waals surface area contributed by atoms with Gasteiger partial charge in [0, 0.05) is 24.0 Å². The molecule has 35 heavy (non-hydrogen) atoms. The van der Waals surface area contributed by atoms with Gasteiger partial charge in [-0.15, -0.1) is 0 Å². The molecule has 1 aliphatic rings. The highest BCUT2D eigenvalue weighted by atomic mass is 32.2. The molecule has 10 heteroatoms. The summed E-state index contributed by atoms with van der Waals surface area (Å²) in [6, 6.07) is 12.6. The van der Waals surface area contributed by atoms with Crippen LogP contribution in [-0.2, 0) is 16.6 Å². The van der Waals surface area contributed by atoms with Gasteiger partial charge in [-0.05, 0) is 56.7 Å². The lowest BCUT2D eigenvalue weighted by molar-refractivity contribution is 0.278. The minimum absolute atomic E-state index is 0.179. The van der Waals surface area contributed by atoms with Gasteiger partial charge in [0.05, 0.1) is 35.1 Å². The molecule has 180 valence electrons. The minimum atomic E-state index is -3.80. The van der Waals surface area contributed by atoms with E-state index >= 15 is 0 Å². The number of hydrogen-bond acceptors (Lipinski definition) is 6. The van der Waals surface area contributed by atoms with Crippen LogP contribution in [0.3, 0.4) is 0 Å². The van der Waals surface area contributed by atoms with Gasteiger partial charge in [-0.2, -0.15) is 5.26 Å². The van der Waals surface area contributed by atoms with E-state index in [1.165, 1.54) is 3.97 Å². The second-order valence-electron chi connectivity index (χ2n) is 9.05. The molecule has 0 aliphatic heterocycles. The topological polar surface area (TPSA) is 132 Å². The smallest absolute Gasteiger partial charge is 0.269 e. The van der Waals surface area contributed by atoms with E-state index in [9.17, 15) is 8.42 Å². The Balaban J connectivity index is 1.66. The average Bonchev–Trinajstić information content (AvgIpc) is 3.46. The number of hydrogen-bond donors (Lipinski definition) is 1. The number of nitrogens with two attached hydrogens (primary N) is 1. The van der Waals surface area contributed by atoms with Crippen LogP contribution in [0.4, 0.5) is 0 Å². The van der Waals surface area contributed by atoms with Gasteiger partial charge in [-0.25, -0.2) is 22.4 Å². The Morgan fingerprint density at radius 2 is 1.94 bits per heavy atom. The minimum Gasteiger partial charge on any atom is -0.388 e. The van der Waals surface area contributed by atoms with Crippen LogP contribution in [0.1, 0.15) is 50.9 Å². The summed E-state index contributed by atoms with van der Waals surface area (Å²) in [5, 5.41) is 9.82. The standard InChI is InChI=1S/C25H27N7O2S/c1-17(27)28-16-23-30-22-15-29-25-21(12-14-31(25)35(33,34)20-5-3-2-4-6-20)24(22)32(23)19-9-7-18(8-10-19)11-13-26/h2-6,12,14-15,18-19H,7-11,16H2,1H3,(H2,27,28). The third kappa shape index (κ3) is 4.17. The molecule has 0 amide bonds. The van der Waals surface area contributed by atoms with Crippen molar-refractivity contribution in [3.63, 3.8) is 0 Å². The zero-order valence-corrected chi connectivity index (χ0v) is 20.3. The van der Waals surface area contributed by atoms with Crippen molar-refractivity contribution in [1.82, 2.24) is 18.5 Å². The number of rotatable bonds is 6. The van der Waals surface area contributed by atoms with Crippen LogP contribution >= 0.6 is 0 Å². The number of nitrogens with zero attached hydrogens (tertiary/aromatic N) is 6. The first-order valence-electron chi connectivity index (χ1n) is 11.7. The molecule has 4 aromatic rings. The van der Waals surface area contributed by atoms with Crippen molar-refractivity contribution in [3.05, 3.63) is 54.6 Å². The lowest BCUT2D eigenvalue weighted by Gasteiger charge is -2.29. The van der Waals surface area contributed by atoms with E-state index in [0.717, 1.165) is 42.4 Å². The average molecular weight is 490 g/mol. The fourth-order valence-corrected chi connectivity index (χ4v) is 6.35. The lowest BCUT2D eigenvalue weighted by atomic mass is 9.84. The maximum Gasteiger partial charge on any atom is 0.269 e. The molecule has 0 radical (unpaired) electrons. The first kappa shape index (κ1) is 23.1. The summed E-state index contributed by atoms with van der Waals surface area (Å²) in [6.45, 7) is 2.08. The molecule has 3 aromatic heterocycles. The molecule has 0 bridgehead atoms. The van der Waals surface area contributed by atoms with E-state index < -0.39 is 10.0 Å². The van der Waals surface area contributed by atoms with E-state index in [1.54, 1.807) is 55.7 Å². The van der Waals surface area contributed by atoms with Crippen LogP contribution in [0, 0.1) is 17.2 Å². The van der Waals surface area contributed by atoms with Crippen molar-refractivity contribution in [2.75, 3.05) is 0 Å². The summed E-state index contributed by atoms with van der Waals surface area (Å²) in [4.78, 5) is 13.9. The van der Waals surface area contributed by atoms with Gasteiger partial charge in [0.1, 0.15) is 11.3 Å². The summed E-state index contributed by atoms with van der Waals surface area (Å²) >= 11 is 0. The van der Waals surface area contributed by atoms with Crippen LogP contribution in [0.25, 0.3) is 22.1 Å². The molecule has 1 fully saturated rings. The third-order valence-electron chi connectivity index (χ3n) is 6.73. The first-order valence-corrected chi connectivity index (χ1v) is 13.1. The molecule has 0 atom stereocenters. The highest BCUT2D eigenvalue weighted by molar-refractivity contribution is 7.90. The molecule has 1 saturated carbocycles. The number of pyridine rings is 1. The Kier molecular flexibility index (Phi) is 6.03. The van der Waals surface area contributed by atoms with Crippen LogP contribution in [0.5, 0.6) is 0 Å². The van der Waals surface area contributed by atoms with Gasteiger partial charge in [-0.1, -0.05) is 18.2 Å². The maximum absolute atomic E-state index is 13.4. The van der Waals surface area contributed by atoms with E-state index in [-0.39, 0.29) is 10.9 Å². The Morgan fingerprint density at radius 1 is 1.20 bits per heavy atom. The van der Waals surface area contributed by atoms with Gasteiger partial charge in [0.15, 0.2) is 5.65 Å². The molecule has 0 unspecified atom stereocenters. The SMILES string of the molecule is CC(N)=NCc1nc2cnc3c(ccn3S(=O)(=O)c3ccccc3)c2n1C1CCC(CC#N)CC1. The van der Waals surface area contributed by atoms with E-state index in [4.69, 9.17) is 16.0 Å². The zero-order valence-electron chi connectivity index (χ0n) is 19.5. The van der Waals surface area contributed by atoms with E-state index in [2.05, 4.69) is 20.6 Å². The normalized spacial score (nSPS) is 19.3. The number of fused-ring (bicyclic) bond motifs is 3. The molecule has 2 N–H and O–H groups in total. The molecule has 3 heterocycles. The molecular weight excluding hydrogens is 462 g/mol. The van der Waals surface area contributed by atoms with E-state index in [1.807, 2.05) is 0 Å². The van der Waals surface area contributed by atoms with Gasteiger partial charge < -0.3 is 10.3 Å². The first-order chi connectivity index (χ1) is 16.9. The number of benzene rings is 1. The van der Waals surface area contributed by atoms with Gasteiger partial charge in [0.25, 0.3) is 10.0 Å². The van der Waals surface area contributed by atoms with E-state index in [0.29, 0.717) is 35.9 Å². The van der Waals surface area contributed by atoms with Crippen LogP contribution < -0.4 is 5.73 Å². The predicted octanol–water partition coefficient (Wildman–Crippen LogP) is 4.15. The Morgan fingerprint density at radius 3 is 2.63 bits per heavy atom. The molecule has 0 saturated heterocycles. The van der Waals surface area contributed by atoms with Gasteiger partial charge >= 0.3 is 0 Å². The highest BCUT2D eigenvalue weighted by Crippen LogP contribution is 2.38. The second kappa shape index (κ2) is 9.15. The van der Waals surface area contributed by atoms with Crippen molar-refractivity contribution in [1.29, 1.82) is 5.26 Å². The monoisotopic (exact) mass is 489 g/mol. The van der Waals surface area contributed by atoms with Crippen molar-refractivity contribution in [2.45, 2.75) is 56.5 Å². The Labute approximate surface area is 204 Å². The molecule has 1 aromatic carbocycles. The Hall–Kier alpha value is -3.71. The largest absolute Gasteiger partial charge is 0.388 e. The zero-order chi connectivity index (χ0) is 24.6. The Bertz CT molecular complexity index is 1550. The van der Waals surface area contributed by atoms with Crippen LogP contribution in [-0.4, -0.2) is 32.8 Å². The van der Waals surface area contributed by atoms with Crippen molar-refractivity contribution in [2.24, 2.45) is 16.6 Å². The van der Waals surface area contributed by atoms with Crippen LogP contribution in [0.15, 0.2) is 58.7 Å². The highest BCUT2D eigenvalue weighted by Gasteiger charge is 2.28. The van der Waals surface area contributed by atoms with Gasteiger partial charge in [-0.3, -0.25) is 4.99 Å². The maximum atomic E-state index is 13.4. The fraction of sp³-hybridized carbons (Fsp3) is 0.360. The van der Waals surface area contributed by atoms with Gasteiger partial charge in [0.2, 0.25) is 0 Å². The number of nitriles is 1. The molecule has 1 aliphatic carbocycles. The summed E-state index contributed by atoms with van der Waals surface area (Å²) in [5.41, 5.74) is 7.74. The summed E-state index contributed by atoms with van der Waals surface area (Å²) in [5.74, 6) is 1.67. The number of aliphatic imine (C=N–C) groups is 1. The number of imidazole rings is 1. The quantitative estimate of drug-likeness (QED) is 0.320. The molecule has 5 rings (SSSR count). The number of aromatic nitrogens is 4. The predicted molar refractivity (Wildman–Crippen MR) is 134 cm³/mol. The summed E-state index contributed by atoms with van der Waals surface area (Å²) in [7, 11) is -3.80. The lowest BCUT2D eigenvalue weighted by Crippen LogP contribution is -2.20. The van der Waals surface area contributed by atoms with Crippen molar-refractivity contribution in [3.8, 4) is 6.07 Å². The fourth-order valence-electron chi connectivity index (χ4n) is 5.03. The summed E-state index contributed by atoms with van der Waals surface area (Å²) in [6.07, 6.45) is 7.54. The summed E-state index contributed by atoms with van der Waals surface area (Å²) < 4.78 is 30.1. The number of amidine groups is 1.